The molecule has 0 aliphatic carbocycles. The first kappa shape index (κ1) is 15.6. The molecule has 0 aromatic carbocycles. The van der Waals surface area contributed by atoms with E-state index in [1.807, 2.05) is 0 Å². The minimum absolute atomic E-state index is 0.187. The standard InChI is InChI=1S/C11H21N3O3/c12-7-2-1-4-9(8-15)14-11(17)6-3-5-10(13)16/h8-9H,1-7,12H2,(H2,13,16)(H,14,17)/t9-/m0/s1. The van der Waals surface area contributed by atoms with E-state index in [1.54, 1.807) is 0 Å². The van der Waals surface area contributed by atoms with Gasteiger partial charge >= 0.3 is 0 Å². The largest absolute Gasteiger partial charge is 0.370 e. The molecule has 5 N–H and O–H groups in total. The number of aldehydes is 1. The molecule has 0 aromatic rings. The van der Waals surface area contributed by atoms with Crippen molar-refractivity contribution in [2.24, 2.45) is 11.5 Å². The minimum Gasteiger partial charge on any atom is -0.370 e. The summed E-state index contributed by atoms with van der Waals surface area (Å²) in [6.07, 6.45) is 3.78. The quantitative estimate of drug-likeness (QED) is 0.353. The van der Waals surface area contributed by atoms with Crippen molar-refractivity contribution in [3.05, 3.63) is 0 Å². The van der Waals surface area contributed by atoms with Crippen LogP contribution in [0, 0.1) is 0 Å². The van der Waals surface area contributed by atoms with Gasteiger partial charge in [-0.15, -0.1) is 0 Å². The van der Waals surface area contributed by atoms with Crippen LogP contribution < -0.4 is 16.8 Å². The smallest absolute Gasteiger partial charge is 0.220 e. The van der Waals surface area contributed by atoms with E-state index in [4.69, 9.17) is 11.5 Å². The Kier molecular flexibility index (Phi) is 8.95. The Morgan fingerprint density at radius 2 is 1.88 bits per heavy atom. The summed E-state index contributed by atoms with van der Waals surface area (Å²) in [6, 6.07) is -0.456. The number of rotatable bonds is 10. The molecule has 0 radical (unpaired) electrons. The molecule has 6 nitrogen and oxygen atoms in total. The fraction of sp³-hybridized carbons (Fsp3) is 0.727. The van der Waals surface area contributed by atoms with Gasteiger partial charge in [-0.2, -0.15) is 0 Å². The molecule has 0 aliphatic heterocycles. The van der Waals surface area contributed by atoms with Crippen molar-refractivity contribution in [2.45, 2.75) is 44.6 Å². The monoisotopic (exact) mass is 243 g/mol. The SMILES string of the molecule is NCCCC[C@@H](C=O)NC(=O)CCCC(N)=O. The maximum atomic E-state index is 11.4. The van der Waals surface area contributed by atoms with Crippen LogP contribution in [0.2, 0.25) is 0 Å². The Hall–Kier alpha value is -1.43. The highest BCUT2D eigenvalue weighted by Crippen LogP contribution is 2.00. The minimum atomic E-state index is -0.456. The average molecular weight is 243 g/mol. The molecule has 0 aliphatic rings. The Bertz CT molecular complexity index is 256. The van der Waals surface area contributed by atoms with Gasteiger partial charge in [0.15, 0.2) is 0 Å². The molecule has 98 valence electrons. The number of hydrogen-bond acceptors (Lipinski definition) is 4. The van der Waals surface area contributed by atoms with Gasteiger partial charge < -0.3 is 21.6 Å². The summed E-state index contributed by atoms with van der Waals surface area (Å²) in [5, 5.41) is 2.60. The Labute approximate surface area is 101 Å². The average Bonchev–Trinajstić information content (AvgIpc) is 2.27. The zero-order chi connectivity index (χ0) is 13.1. The van der Waals surface area contributed by atoms with E-state index in [-0.39, 0.29) is 18.7 Å². The highest BCUT2D eigenvalue weighted by Gasteiger charge is 2.10. The van der Waals surface area contributed by atoms with Crippen molar-refractivity contribution in [1.82, 2.24) is 5.32 Å². The second kappa shape index (κ2) is 9.77. The molecule has 0 heterocycles. The van der Waals surface area contributed by atoms with E-state index in [1.165, 1.54) is 0 Å². The summed E-state index contributed by atoms with van der Waals surface area (Å²) >= 11 is 0. The molecule has 0 aromatic heterocycles. The van der Waals surface area contributed by atoms with Crippen LogP contribution in [0.4, 0.5) is 0 Å². The van der Waals surface area contributed by atoms with Gasteiger partial charge in [-0.25, -0.2) is 0 Å². The van der Waals surface area contributed by atoms with Crippen molar-refractivity contribution >= 4 is 18.1 Å². The van der Waals surface area contributed by atoms with E-state index >= 15 is 0 Å². The Morgan fingerprint density at radius 1 is 1.18 bits per heavy atom. The van der Waals surface area contributed by atoms with Gasteiger partial charge in [-0.3, -0.25) is 9.59 Å². The summed E-state index contributed by atoms with van der Waals surface area (Å²) in [4.78, 5) is 32.5. The van der Waals surface area contributed by atoms with Crippen LogP contribution in [0.5, 0.6) is 0 Å². The zero-order valence-corrected chi connectivity index (χ0v) is 9.98. The third kappa shape index (κ3) is 9.50. The Balaban J connectivity index is 3.73. The lowest BCUT2D eigenvalue weighted by Crippen LogP contribution is -2.36. The number of nitrogens with two attached hydrogens (primary N) is 2. The third-order valence-corrected chi connectivity index (χ3v) is 2.31. The summed E-state index contributed by atoms with van der Waals surface area (Å²) < 4.78 is 0. The lowest BCUT2D eigenvalue weighted by Gasteiger charge is -2.12. The van der Waals surface area contributed by atoms with E-state index < -0.39 is 11.9 Å². The first-order chi connectivity index (χ1) is 8.10. The molecule has 0 spiro atoms. The van der Waals surface area contributed by atoms with Gasteiger partial charge in [0.1, 0.15) is 6.29 Å². The summed E-state index contributed by atoms with van der Waals surface area (Å²) in [7, 11) is 0. The number of carbonyl (C=O) groups excluding carboxylic acids is 3. The molecule has 0 fully saturated rings. The topological polar surface area (TPSA) is 115 Å². The molecule has 0 saturated heterocycles. The van der Waals surface area contributed by atoms with E-state index in [9.17, 15) is 14.4 Å². The number of nitrogens with one attached hydrogen (secondary N) is 1. The summed E-state index contributed by atoms with van der Waals surface area (Å²) in [5.74, 6) is -0.649. The van der Waals surface area contributed by atoms with Crippen LogP contribution in [-0.2, 0) is 14.4 Å². The van der Waals surface area contributed by atoms with Crippen molar-refractivity contribution in [3.63, 3.8) is 0 Å². The maximum absolute atomic E-state index is 11.4. The predicted octanol–water partition coefficient (Wildman–Crippen LogP) is -0.545. The molecule has 1 atom stereocenters. The second-order valence-electron chi connectivity index (χ2n) is 3.91. The molecule has 0 bridgehead atoms. The number of hydrogen-bond donors (Lipinski definition) is 3. The Morgan fingerprint density at radius 3 is 2.41 bits per heavy atom. The number of primary amides is 1. The van der Waals surface area contributed by atoms with Gasteiger partial charge in [-0.05, 0) is 32.2 Å². The van der Waals surface area contributed by atoms with Crippen LogP contribution in [0.15, 0.2) is 0 Å². The molecule has 17 heavy (non-hydrogen) atoms. The van der Waals surface area contributed by atoms with Crippen LogP contribution in [0.3, 0.4) is 0 Å². The van der Waals surface area contributed by atoms with Gasteiger partial charge in [0.25, 0.3) is 0 Å². The molecule has 6 heteroatoms. The van der Waals surface area contributed by atoms with Crippen molar-refractivity contribution in [2.75, 3.05) is 6.54 Å². The van der Waals surface area contributed by atoms with Crippen LogP contribution in [0.1, 0.15) is 38.5 Å². The first-order valence-electron chi connectivity index (χ1n) is 5.83. The lowest BCUT2D eigenvalue weighted by molar-refractivity contribution is -0.124. The molecule has 2 amide bonds. The molecular formula is C11H21N3O3. The molecule has 0 rings (SSSR count). The summed E-state index contributed by atoms with van der Waals surface area (Å²) in [5.41, 5.74) is 10.3. The molecular weight excluding hydrogens is 222 g/mol. The van der Waals surface area contributed by atoms with Crippen molar-refractivity contribution < 1.29 is 14.4 Å². The van der Waals surface area contributed by atoms with Crippen LogP contribution in [-0.4, -0.2) is 30.7 Å². The predicted molar refractivity (Wildman–Crippen MR) is 63.9 cm³/mol. The third-order valence-electron chi connectivity index (χ3n) is 2.31. The van der Waals surface area contributed by atoms with Gasteiger partial charge in [-0.1, -0.05) is 0 Å². The van der Waals surface area contributed by atoms with E-state index in [0.29, 0.717) is 19.4 Å². The fourth-order valence-corrected chi connectivity index (χ4v) is 1.38. The van der Waals surface area contributed by atoms with Crippen LogP contribution >= 0.6 is 0 Å². The number of unbranched alkanes of at least 4 members (excludes halogenated alkanes) is 1. The highest BCUT2D eigenvalue weighted by atomic mass is 16.2. The van der Waals surface area contributed by atoms with E-state index in [2.05, 4.69) is 5.32 Å². The van der Waals surface area contributed by atoms with Crippen molar-refractivity contribution in [1.29, 1.82) is 0 Å². The molecule has 0 saturated carbocycles. The fourth-order valence-electron chi connectivity index (χ4n) is 1.38. The zero-order valence-electron chi connectivity index (χ0n) is 9.98. The van der Waals surface area contributed by atoms with Gasteiger partial charge in [0.2, 0.25) is 11.8 Å². The van der Waals surface area contributed by atoms with E-state index in [0.717, 1.165) is 19.1 Å². The van der Waals surface area contributed by atoms with Gasteiger partial charge in [0, 0.05) is 12.8 Å². The molecule has 0 unspecified atom stereocenters. The summed E-state index contributed by atoms with van der Waals surface area (Å²) in [6.45, 7) is 0.581. The van der Waals surface area contributed by atoms with Crippen LogP contribution in [0.25, 0.3) is 0 Å². The number of amides is 2. The lowest BCUT2D eigenvalue weighted by atomic mass is 10.1. The first-order valence-corrected chi connectivity index (χ1v) is 5.83. The van der Waals surface area contributed by atoms with Crippen molar-refractivity contribution in [3.8, 4) is 0 Å². The number of carbonyl (C=O) groups is 3. The second-order valence-corrected chi connectivity index (χ2v) is 3.91. The normalized spacial score (nSPS) is 11.8. The highest BCUT2D eigenvalue weighted by molar-refractivity contribution is 5.80. The maximum Gasteiger partial charge on any atom is 0.220 e. The van der Waals surface area contributed by atoms with Gasteiger partial charge in [0.05, 0.1) is 6.04 Å².